The number of piperidine rings is 1. The number of nitrogens with one attached hydrogen (secondary N) is 2. The molecule has 25 heavy (non-hydrogen) atoms. The molecule has 2 N–H and O–H groups in total. The number of amides is 1. The minimum absolute atomic E-state index is 0.0271. The summed E-state index contributed by atoms with van der Waals surface area (Å²) < 4.78 is 0. The molecule has 0 aliphatic carbocycles. The third-order valence-electron chi connectivity index (χ3n) is 5.21. The lowest BCUT2D eigenvalue weighted by molar-refractivity contribution is -0.898. The van der Waals surface area contributed by atoms with E-state index in [0.29, 0.717) is 6.54 Å². The van der Waals surface area contributed by atoms with Crippen molar-refractivity contribution in [3.8, 4) is 0 Å². The maximum Gasteiger partial charge on any atom is 0.275 e. The van der Waals surface area contributed by atoms with Crippen LogP contribution in [-0.4, -0.2) is 25.5 Å². The number of quaternary nitrogens is 1. The topological polar surface area (TPSA) is 33.5 Å². The molecule has 0 bridgehead atoms. The molecule has 1 atom stereocenters. The van der Waals surface area contributed by atoms with Crippen molar-refractivity contribution in [3.63, 3.8) is 0 Å². The van der Waals surface area contributed by atoms with Crippen LogP contribution in [-0.2, 0) is 11.2 Å². The maximum absolute atomic E-state index is 12.6. The van der Waals surface area contributed by atoms with Crippen LogP contribution in [0.1, 0.15) is 36.9 Å². The van der Waals surface area contributed by atoms with Gasteiger partial charge in [0.15, 0.2) is 6.54 Å². The van der Waals surface area contributed by atoms with Gasteiger partial charge in [0.25, 0.3) is 5.91 Å². The van der Waals surface area contributed by atoms with E-state index in [9.17, 15) is 4.79 Å². The molecule has 2 aromatic rings. The van der Waals surface area contributed by atoms with Gasteiger partial charge < -0.3 is 10.2 Å². The Morgan fingerprint density at radius 1 is 1.04 bits per heavy atom. The minimum Gasteiger partial charge on any atom is -0.344 e. The van der Waals surface area contributed by atoms with Crippen LogP contribution in [0.3, 0.4) is 0 Å². The molecule has 0 saturated carbocycles. The van der Waals surface area contributed by atoms with E-state index >= 15 is 0 Å². The highest BCUT2D eigenvalue weighted by Gasteiger charge is 2.23. The van der Waals surface area contributed by atoms with Gasteiger partial charge in [-0.1, -0.05) is 67.6 Å². The fourth-order valence-corrected chi connectivity index (χ4v) is 3.61. The molecule has 0 radical (unpaired) electrons. The second-order valence-electron chi connectivity index (χ2n) is 7.33. The largest absolute Gasteiger partial charge is 0.344 e. The van der Waals surface area contributed by atoms with Crippen LogP contribution in [0.5, 0.6) is 0 Å². The Hall–Kier alpha value is -2.13. The summed E-state index contributed by atoms with van der Waals surface area (Å²) in [5, 5.41) is 3.28. The standard InChI is InChI=1S/C22H28N2O/c1-18-12-14-24(15-13-18)17-22(25)23-21(20-10-6-3-7-11-20)16-19-8-4-2-5-9-19/h2-11,18,21H,12-17H2,1H3,(H,23,25)/p+1/t21-/m1/s1. The maximum atomic E-state index is 12.6. The Balaban J connectivity index is 1.64. The zero-order chi connectivity index (χ0) is 17.5. The van der Waals surface area contributed by atoms with Crippen molar-refractivity contribution >= 4 is 5.91 Å². The molecule has 132 valence electrons. The van der Waals surface area contributed by atoms with E-state index in [1.165, 1.54) is 28.9 Å². The van der Waals surface area contributed by atoms with Crippen molar-refractivity contribution in [2.75, 3.05) is 19.6 Å². The molecule has 1 saturated heterocycles. The third kappa shape index (κ3) is 5.43. The molecule has 1 aliphatic heterocycles. The first-order valence-electron chi connectivity index (χ1n) is 9.42. The van der Waals surface area contributed by atoms with E-state index in [1.54, 1.807) is 0 Å². The van der Waals surface area contributed by atoms with Crippen LogP contribution in [0.15, 0.2) is 60.7 Å². The summed E-state index contributed by atoms with van der Waals surface area (Å²) in [7, 11) is 0. The van der Waals surface area contributed by atoms with Gasteiger partial charge in [-0.05, 0) is 36.3 Å². The SMILES string of the molecule is CC1CC[NH+](CC(=O)N[C@H](Cc2ccccc2)c2ccccc2)CC1. The molecule has 2 aromatic carbocycles. The van der Waals surface area contributed by atoms with Crippen molar-refractivity contribution in [3.05, 3.63) is 71.8 Å². The van der Waals surface area contributed by atoms with E-state index in [-0.39, 0.29) is 11.9 Å². The number of hydrogen-bond acceptors (Lipinski definition) is 1. The Labute approximate surface area is 151 Å². The van der Waals surface area contributed by atoms with Crippen molar-refractivity contribution in [1.82, 2.24) is 5.32 Å². The molecule has 3 nitrogen and oxygen atoms in total. The average Bonchev–Trinajstić information content (AvgIpc) is 2.65. The van der Waals surface area contributed by atoms with Crippen LogP contribution in [0, 0.1) is 5.92 Å². The second-order valence-corrected chi connectivity index (χ2v) is 7.33. The van der Waals surface area contributed by atoms with Gasteiger partial charge in [-0.2, -0.15) is 0 Å². The summed E-state index contributed by atoms with van der Waals surface area (Å²) >= 11 is 0. The molecule has 1 heterocycles. The van der Waals surface area contributed by atoms with Gasteiger partial charge in [-0.15, -0.1) is 0 Å². The zero-order valence-electron chi connectivity index (χ0n) is 15.1. The molecule has 1 aliphatic rings. The Morgan fingerprint density at radius 2 is 1.64 bits per heavy atom. The van der Waals surface area contributed by atoms with Crippen molar-refractivity contribution < 1.29 is 9.69 Å². The Bertz CT molecular complexity index is 648. The third-order valence-corrected chi connectivity index (χ3v) is 5.21. The molecule has 1 amide bonds. The Morgan fingerprint density at radius 3 is 2.28 bits per heavy atom. The highest BCUT2D eigenvalue weighted by atomic mass is 16.2. The molecular weight excluding hydrogens is 308 g/mol. The highest BCUT2D eigenvalue weighted by Crippen LogP contribution is 2.18. The van der Waals surface area contributed by atoms with Crippen LogP contribution in [0.25, 0.3) is 0 Å². The monoisotopic (exact) mass is 337 g/mol. The van der Waals surface area contributed by atoms with E-state index in [2.05, 4.69) is 48.6 Å². The first-order valence-corrected chi connectivity index (χ1v) is 9.42. The normalized spacial score (nSPS) is 21.5. The van der Waals surface area contributed by atoms with E-state index in [1.807, 2.05) is 24.3 Å². The predicted octanol–water partition coefficient (Wildman–Crippen LogP) is 2.40. The Kier molecular flexibility index (Phi) is 6.24. The molecular formula is C22H29N2O+. The van der Waals surface area contributed by atoms with E-state index in [0.717, 1.165) is 25.4 Å². The van der Waals surface area contributed by atoms with Gasteiger partial charge in [0.05, 0.1) is 19.1 Å². The van der Waals surface area contributed by atoms with E-state index in [4.69, 9.17) is 0 Å². The second kappa shape index (κ2) is 8.82. The lowest BCUT2D eigenvalue weighted by atomic mass is 9.98. The van der Waals surface area contributed by atoms with Crippen molar-refractivity contribution in [2.45, 2.75) is 32.2 Å². The number of carbonyl (C=O) groups excluding carboxylic acids is 1. The first-order chi connectivity index (χ1) is 12.2. The van der Waals surface area contributed by atoms with Crippen LogP contribution < -0.4 is 10.2 Å². The number of benzene rings is 2. The van der Waals surface area contributed by atoms with Gasteiger partial charge in [0, 0.05) is 0 Å². The first kappa shape index (κ1) is 17.7. The average molecular weight is 337 g/mol. The summed E-state index contributed by atoms with van der Waals surface area (Å²) in [6, 6.07) is 20.7. The molecule has 1 fully saturated rings. The summed E-state index contributed by atoms with van der Waals surface area (Å²) in [6.45, 7) is 5.12. The number of likely N-dealkylation sites (tertiary alicyclic amines) is 1. The van der Waals surface area contributed by atoms with Crippen LogP contribution in [0.4, 0.5) is 0 Å². The van der Waals surface area contributed by atoms with Crippen LogP contribution in [0.2, 0.25) is 0 Å². The fraction of sp³-hybridized carbons (Fsp3) is 0.409. The lowest BCUT2D eigenvalue weighted by Gasteiger charge is -2.27. The molecule has 0 aromatic heterocycles. The predicted molar refractivity (Wildman–Crippen MR) is 101 cm³/mol. The molecule has 0 spiro atoms. The number of hydrogen-bond donors (Lipinski definition) is 2. The van der Waals surface area contributed by atoms with Crippen LogP contribution >= 0.6 is 0 Å². The highest BCUT2D eigenvalue weighted by molar-refractivity contribution is 5.77. The minimum atomic E-state index is 0.0271. The number of rotatable bonds is 6. The molecule has 3 rings (SSSR count). The zero-order valence-corrected chi connectivity index (χ0v) is 15.1. The summed E-state index contributed by atoms with van der Waals surface area (Å²) in [4.78, 5) is 14.1. The van der Waals surface area contributed by atoms with Gasteiger partial charge in [-0.25, -0.2) is 0 Å². The van der Waals surface area contributed by atoms with Gasteiger partial charge in [-0.3, -0.25) is 4.79 Å². The summed E-state index contributed by atoms with van der Waals surface area (Å²) in [5.41, 5.74) is 2.41. The quantitative estimate of drug-likeness (QED) is 0.834. The summed E-state index contributed by atoms with van der Waals surface area (Å²) in [5.74, 6) is 0.969. The van der Waals surface area contributed by atoms with Gasteiger partial charge in [0.1, 0.15) is 0 Å². The fourth-order valence-electron chi connectivity index (χ4n) is 3.61. The van der Waals surface area contributed by atoms with Gasteiger partial charge >= 0.3 is 0 Å². The van der Waals surface area contributed by atoms with E-state index < -0.39 is 0 Å². The van der Waals surface area contributed by atoms with Crippen molar-refractivity contribution in [1.29, 1.82) is 0 Å². The smallest absolute Gasteiger partial charge is 0.275 e. The lowest BCUT2D eigenvalue weighted by Crippen LogP contribution is -3.14. The molecule has 3 heteroatoms. The molecule has 0 unspecified atom stereocenters. The number of carbonyl (C=O) groups is 1. The summed E-state index contributed by atoms with van der Waals surface area (Å²) in [6.07, 6.45) is 3.28. The van der Waals surface area contributed by atoms with Gasteiger partial charge in [0.2, 0.25) is 0 Å². The van der Waals surface area contributed by atoms with Crippen molar-refractivity contribution in [2.24, 2.45) is 5.92 Å².